The normalized spacial score (nSPS) is 17.3. The Morgan fingerprint density at radius 3 is 2.89 bits per heavy atom. The van der Waals surface area contributed by atoms with Gasteiger partial charge in [0.1, 0.15) is 0 Å². The number of anilines is 1. The Kier molecular flexibility index (Phi) is 5.58. The second kappa shape index (κ2) is 7.43. The minimum Gasteiger partial charge on any atom is -0.352 e. The zero-order chi connectivity index (χ0) is 13.5. The third kappa shape index (κ3) is 4.46. The first-order chi connectivity index (χ1) is 9.29. The number of aromatic nitrogens is 2. The SMILES string of the molecule is CCCCCCC(C)NC1CN(c2cccnn2)C1. The summed E-state index contributed by atoms with van der Waals surface area (Å²) in [4.78, 5) is 2.27. The number of unbranched alkanes of at least 4 members (excludes halogenated alkanes) is 3. The lowest BCUT2D eigenvalue weighted by atomic mass is 10.0. The van der Waals surface area contributed by atoms with Crippen molar-refractivity contribution in [2.24, 2.45) is 0 Å². The molecule has 1 aromatic heterocycles. The van der Waals surface area contributed by atoms with Crippen LogP contribution in [0.4, 0.5) is 5.82 Å². The van der Waals surface area contributed by atoms with Crippen LogP contribution in [0.15, 0.2) is 18.3 Å². The van der Waals surface area contributed by atoms with Gasteiger partial charge in [-0.2, -0.15) is 5.10 Å². The van der Waals surface area contributed by atoms with Crippen LogP contribution in [-0.4, -0.2) is 35.4 Å². The van der Waals surface area contributed by atoms with E-state index in [4.69, 9.17) is 0 Å². The molecule has 0 bridgehead atoms. The molecule has 1 N–H and O–H groups in total. The van der Waals surface area contributed by atoms with Gasteiger partial charge in [-0.3, -0.25) is 0 Å². The lowest BCUT2D eigenvalue weighted by Crippen LogP contribution is -2.60. The fourth-order valence-corrected chi connectivity index (χ4v) is 2.60. The Balaban J connectivity index is 1.59. The molecular weight excluding hydrogens is 236 g/mol. The summed E-state index contributed by atoms with van der Waals surface area (Å²) in [6.07, 6.45) is 8.43. The number of hydrogen-bond acceptors (Lipinski definition) is 4. The molecule has 0 aromatic carbocycles. The van der Waals surface area contributed by atoms with Gasteiger partial charge >= 0.3 is 0 Å². The van der Waals surface area contributed by atoms with Crippen molar-refractivity contribution >= 4 is 5.82 Å². The van der Waals surface area contributed by atoms with E-state index in [1.165, 1.54) is 32.1 Å². The van der Waals surface area contributed by atoms with Gasteiger partial charge in [-0.05, 0) is 25.5 Å². The van der Waals surface area contributed by atoms with Crippen molar-refractivity contribution in [1.29, 1.82) is 0 Å². The second-order valence-corrected chi connectivity index (χ2v) is 5.60. The Morgan fingerprint density at radius 1 is 1.37 bits per heavy atom. The second-order valence-electron chi connectivity index (χ2n) is 5.60. The van der Waals surface area contributed by atoms with Crippen molar-refractivity contribution in [2.45, 2.75) is 58.0 Å². The average molecular weight is 262 g/mol. The molecule has 1 saturated heterocycles. The van der Waals surface area contributed by atoms with Gasteiger partial charge in [0, 0.05) is 31.4 Å². The molecule has 1 fully saturated rings. The van der Waals surface area contributed by atoms with E-state index < -0.39 is 0 Å². The third-order valence-corrected chi connectivity index (χ3v) is 3.77. The van der Waals surface area contributed by atoms with Crippen molar-refractivity contribution in [1.82, 2.24) is 15.5 Å². The average Bonchev–Trinajstić information content (AvgIpc) is 2.39. The van der Waals surface area contributed by atoms with Gasteiger partial charge in [-0.25, -0.2) is 0 Å². The van der Waals surface area contributed by atoms with Crippen molar-refractivity contribution in [3.63, 3.8) is 0 Å². The number of rotatable bonds is 8. The number of hydrogen-bond donors (Lipinski definition) is 1. The minimum absolute atomic E-state index is 0.614. The molecular formula is C15H26N4. The van der Waals surface area contributed by atoms with Gasteiger partial charge in [0.15, 0.2) is 5.82 Å². The predicted octanol–water partition coefficient (Wildman–Crippen LogP) is 2.61. The number of nitrogens with zero attached hydrogens (tertiary/aromatic N) is 3. The van der Waals surface area contributed by atoms with Crippen molar-refractivity contribution < 1.29 is 0 Å². The van der Waals surface area contributed by atoms with Crippen LogP contribution < -0.4 is 10.2 Å². The van der Waals surface area contributed by atoms with E-state index in [9.17, 15) is 0 Å². The van der Waals surface area contributed by atoms with Crippen LogP contribution in [0.2, 0.25) is 0 Å². The topological polar surface area (TPSA) is 41.0 Å². The summed E-state index contributed by atoms with van der Waals surface area (Å²) in [7, 11) is 0. The quantitative estimate of drug-likeness (QED) is 0.731. The van der Waals surface area contributed by atoms with E-state index in [0.717, 1.165) is 18.9 Å². The molecule has 106 valence electrons. The molecule has 2 heterocycles. The standard InChI is InChI=1S/C15H26N4/c1-3-4-5-6-8-13(2)17-14-11-19(12-14)15-9-7-10-16-18-15/h7,9-10,13-14,17H,3-6,8,11-12H2,1-2H3. The lowest BCUT2D eigenvalue weighted by Gasteiger charge is -2.41. The maximum Gasteiger partial charge on any atom is 0.151 e. The van der Waals surface area contributed by atoms with E-state index >= 15 is 0 Å². The minimum atomic E-state index is 0.614. The molecule has 4 heteroatoms. The maximum absolute atomic E-state index is 4.13. The molecule has 1 aromatic rings. The first-order valence-corrected chi connectivity index (χ1v) is 7.58. The van der Waals surface area contributed by atoms with E-state index in [1.54, 1.807) is 6.20 Å². The van der Waals surface area contributed by atoms with Gasteiger partial charge in [0.05, 0.1) is 0 Å². The predicted molar refractivity (Wildman–Crippen MR) is 79.4 cm³/mol. The van der Waals surface area contributed by atoms with E-state index in [0.29, 0.717) is 12.1 Å². The number of nitrogens with one attached hydrogen (secondary N) is 1. The summed E-state index contributed by atoms with van der Waals surface area (Å²) in [5.74, 6) is 0.996. The Morgan fingerprint density at radius 2 is 2.21 bits per heavy atom. The first kappa shape index (κ1) is 14.3. The molecule has 1 aliphatic rings. The monoisotopic (exact) mass is 262 g/mol. The Labute approximate surface area is 116 Å². The van der Waals surface area contributed by atoms with Gasteiger partial charge < -0.3 is 10.2 Å². The molecule has 0 radical (unpaired) electrons. The van der Waals surface area contributed by atoms with Crippen LogP contribution in [0.5, 0.6) is 0 Å². The van der Waals surface area contributed by atoms with Crippen LogP contribution >= 0.6 is 0 Å². The molecule has 4 nitrogen and oxygen atoms in total. The fraction of sp³-hybridized carbons (Fsp3) is 0.733. The highest BCUT2D eigenvalue weighted by molar-refractivity contribution is 5.40. The van der Waals surface area contributed by atoms with Crippen molar-refractivity contribution in [3.05, 3.63) is 18.3 Å². The Hall–Kier alpha value is -1.16. The molecule has 1 atom stereocenters. The van der Waals surface area contributed by atoms with Crippen molar-refractivity contribution in [3.8, 4) is 0 Å². The third-order valence-electron chi connectivity index (χ3n) is 3.77. The van der Waals surface area contributed by atoms with Gasteiger partial charge in [0.2, 0.25) is 0 Å². The van der Waals surface area contributed by atoms with Crippen LogP contribution in [0.25, 0.3) is 0 Å². The largest absolute Gasteiger partial charge is 0.352 e. The van der Waals surface area contributed by atoms with Gasteiger partial charge in [-0.15, -0.1) is 5.10 Å². The summed E-state index contributed by atoms with van der Waals surface area (Å²) in [6.45, 7) is 6.67. The highest BCUT2D eigenvalue weighted by Crippen LogP contribution is 2.17. The van der Waals surface area contributed by atoms with Gasteiger partial charge in [0.25, 0.3) is 0 Å². The molecule has 0 amide bonds. The zero-order valence-corrected chi connectivity index (χ0v) is 12.2. The zero-order valence-electron chi connectivity index (χ0n) is 12.2. The first-order valence-electron chi connectivity index (χ1n) is 7.58. The van der Waals surface area contributed by atoms with E-state index in [-0.39, 0.29) is 0 Å². The smallest absolute Gasteiger partial charge is 0.151 e. The summed E-state index contributed by atoms with van der Waals surface area (Å²) >= 11 is 0. The van der Waals surface area contributed by atoms with Crippen LogP contribution in [-0.2, 0) is 0 Å². The van der Waals surface area contributed by atoms with Crippen LogP contribution in [0.1, 0.15) is 46.0 Å². The van der Waals surface area contributed by atoms with Crippen LogP contribution in [0, 0.1) is 0 Å². The summed E-state index contributed by atoms with van der Waals surface area (Å²) < 4.78 is 0. The molecule has 2 rings (SSSR count). The Bertz CT molecular complexity index is 348. The summed E-state index contributed by atoms with van der Waals surface area (Å²) in [5, 5.41) is 11.8. The fourth-order valence-electron chi connectivity index (χ4n) is 2.60. The lowest BCUT2D eigenvalue weighted by molar-refractivity contribution is 0.359. The summed E-state index contributed by atoms with van der Waals surface area (Å²) in [5.41, 5.74) is 0. The molecule has 19 heavy (non-hydrogen) atoms. The highest BCUT2D eigenvalue weighted by atomic mass is 15.3. The molecule has 0 aliphatic carbocycles. The highest BCUT2D eigenvalue weighted by Gasteiger charge is 2.28. The molecule has 1 aliphatic heterocycles. The van der Waals surface area contributed by atoms with E-state index in [1.807, 2.05) is 12.1 Å². The summed E-state index contributed by atoms with van der Waals surface area (Å²) in [6, 6.07) is 5.21. The van der Waals surface area contributed by atoms with E-state index in [2.05, 4.69) is 34.3 Å². The molecule has 1 unspecified atom stereocenters. The van der Waals surface area contributed by atoms with Crippen molar-refractivity contribution in [2.75, 3.05) is 18.0 Å². The maximum atomic E-state index is 4.13. The molecule has 0 saturated carbocycles. The molecule has 0 spiro atoms. The van der Waals surface area contributed by atoms with Gasteiger partial charge in [-0.1, -0.05) is 32.6 Å². The van der Waals surface area contributed by atoms with Crippen LogP contribution in [0.3, 0.4) is 0 Å².